The van der Waals surface area contributed by atoms with Gasteiger partial charge in [-0.25, -0.2) is 0 Å². The molecule has 0 spiro atoms. The van der Waals surface area contributed by atoms with Gasteiger partial charge in [0.05, 0.1) is 11.6 Å². The average Bonchev–Trinajstić information content (AvgIpc) is 2.76. The Balaban J connectivity index is 2.50. The van der Waals surface area contributed by atoms with E-state index in [-0.39, 0.29) is 23.5 Å². The van der Waals surface area contributed by atoms with Crippen LogP contribution in [0, 0.1) is 0 Å². The van der Waals surface area contributed by atoms with E-state index < -0.39 is 17.7 Å². The molecule has 0 aromatic heterocycles. The number of hydrogen-bond acceptors (Lipinski definition) is 4. The molecule has 1 aliphatic heterocycles. The van der Waals surface area contributed by atoms with Crippen LogP contribution in [0.15, 0.2) is 35.6 Å². The molecule has 1 aromatic rings. The van der Waals surface area contributed by atoms with E-state index >= 15 is 0 Å². The van der Waals surface area contributed by atoms with E-state index in [1.165, 1.54) is 17.0 Å². The summed E-state index contributed by atoms with van der Waals surface area (Å²) in [7, 11) is 0. The third-order valence-electron chi connectivity index (χ3n) is 3.86. The Kier molecular flexibility index (Phi) is 4.85. The molecule has 0 saturated heterocycles. The van der Waals surface area contributed by atoms with E-state index in [2.05, 4.69) is 0 Å². The second kappa shape index (κ2) is 6.64. The Bertz CT molecular complexity index is 621. The third-order valence-corrected chi connectivity index (χ3v) is 3.86. The molecule has 118 valence electrons. The van der Waals surface area contributed by atoms with E-state index in [9.17, 15) is 19.8 Å². The Morgan fingerprint density at radius 2 is 2.00 bits per heavy atom. The molecule has 2 rings (SSSR count). The predicted octanol–water partition coefficient (Wildman–Crippen LogP) is 2.87. The summed E-state index contributed by atoms with van der Waals surface area (Å²) in [4.78, 5) is 26.0. The first kappa shape index (κ1) is 16.1. The van der Waals surface area contributed by atoms with E-state index in [1.54, 1.807) is 19.1 Å². The molecule has 1 aliphatic rings. The van der Waals surface area contributed by atoms with Gasteiger partial charge in [0, 0.05) is 13.0 Å². The number of aliphatic hydroxyl groups is 1. The van der Waals surface area contributed by atoms with E-state index in [0.29, 0.717) is 12.1 Å². The molecule has 22 heavy (non-hydrogen) atoms. The lowest BCUT2D eigenvalue weighted by Crippen LogP contribution is -2.32. The zero-order chi connectivity index (χ0) is 16.3. The Hall–Kier alpha value is -2.30. The minimum Gasteiger partial charge on any atom is -0.508 e. The number of benzene rings is 1. The Morgan fingerprint density at radius 1 is 1.27 bits per heavy atom. The number of aromatic hydroxyl groups is 1. The fourth-order valence-corrected chi connectivity index (χ4v) is 2.73. The number of ketones is 1. The summed E-state index contributed by atoms with van der Waals surface area (Å²) in [6.45, 7) is 4.16. The molecule has 0 aliphatic carbocycles. The summed E-state index contributed by atoms with van der Waals surface area (Å²) in [6, 6.07) is 5.84. The maximum absolute atomic E-state index is 12.3. The number of carbonyl (C=O) groups is 2. The maximum atomic E-state index is 12.3. The molecular formula is C17H21NO4. The standard InChI is InChI=1S/C17H21NO4/c1-3-5-9-18-15(11-7-6-8-12(19)10-11)14(13(20)4-2)16(21)17(18)22/h6-8,10,15,19,21H,3-5,9H2,1-2H3. The van der Waals surface area contributed by atoms with Gasteiger partial charge in [0.15, 0.2) is 11.5 Å². The predicted molar refractivity (Wildman–Crippen MR) is 82.4 cm³/mol. The van der Waals surface area contributed by atoms with Crippen molar-refractivity contribution in [1.29, 1.82) is 0 Å². The summed E-state index contributed by atoms with van der Waals surface area (Å²) < 4.78 is 0. The number of hydrogen-bond donors (Lipinski definition) is 2. The highest BCUT2D eigenvalue weighted by Crippen LogP contribution is 2.39. The van der Waals surface area contributed by atoms with Crippen molar-refractivity contribution in [3.63, 3.8) is 0 Å². The van der Waals surface area contributed by atoms with Gasteiger partial charge < -0.3 is 15.1 Å². The zero-order valence-corrected chi connectivity index (χ0v) is 12.9. The first-order valence-electron chi connectivity index (χ1n) is 7.57. The van der Waals surface area contributed by atoms with Gasteiger partial charge in [-0.15, -0.1) is 0 Å². The highest BCUT2D eigenvalue weighted by Gasteiger charge is 2.42. The highest BCUT2D eigenvalue weighted by atomic mass is 16.3. The van der Waals surface area contributed by atoms with Crippen LogP contribution in [0.1, 0.15) is 44.7 Å². The van der Waals surface area contributed by atoms with E-state index in [4.69, 9.17) is 0 Å². The van der Waals surface area contributed by atoms with Crippen LogP contribution in [0.3, 0.4) is 0 Å². The lowest BCUT2D eigenvalue weighted by molar-refractivity contribution is -0.129. The molecular weight excluding hydrogens is 282 g/mol. The molecule has 0 radical (unpaired) electrons. The molecule has 1 heterocycles. The summed E-state index contributed by atoms with van der Waals surface area (Å²) in [5.41, 5.74) is 0.763. The van der Waals surface area contributed by atoms with Crippen molar-refractivity contribution in [2.75, 3.05) is 6.54 Å². The van der Waals surface area contributed by atoms with Crippen LogP contribution in [0.25, 0.3) is 0 Å². The topological polar surface area (TPSA) is 77.8 Å². The summed E-state index contributed by atoms with van der Waals surface area (Å²) in [6.07, 6.45) is 1.89. The molecule has 1 unspecified atom stereocenters. The van der Waals surface area contributed by atoms with Crippen molar-refractivity contribution >= 4 is 11.7 Å². The van der Waals surface area contributed by atoms with Crippen LogP contribution in [-0.4, -0.2) is 33.3 Å². The van der Waals surface area contributed by atoms with Crippen LogP contribution < -0.4 is 0 Å². The number of rotatable bonds is 6. The number of amides is 1. The van der Waals surface area contributed by atoms with E-state index in [0.717, 1.165) is 12.8 Å². The zero-order valence-electron chi connectivity index (χ0n) is 12.9. The van der Waals surface area contributed by atoms with Crippen LogP contribution in [0.2, 0.25) is 0 Å². The molecule has 0 fully saturated rings. The molecule has 2 N–H and O–H groups in total. The number of phenols is 1. The lowest BCUT2D eigenvalue weighted by atomic mass is 9.95. The third kappa shape index (κ3) is 2.84. The van der Waals surface area contributed by atoms with Gasteiger partial charge in [-0.3, -0.25) is 9.59 Å². The number of aliphatic hydroxyl groups excluding tert-OH is 1. The lowest BCUT2D eigenvalue weighted by Gasteiger charge is -2.26. The minimum absolute atomic E-state index is 0.0649. The number of phenolic OH excluding ortho intramolecular Hbond substituents is 1. The fourth-order valence-electron chi connectivity index (χ4n) is 2.73. The molecule has 0 saturated carbocycles. The monoisotopic (exact) mass is 303 g/mol. The van der Waals surface area contributed by atoms with Crippen molar-refractivity contribution in [2.45, 2.75) is 39.2 Å². The number of carbonyl (C=O) groups excluding carboxylic acids is 2. The quantitative estimate of drug-likeness (QED) is 0.847. The first-order valence-corrected chi connectivity index (χ1v) is 7.57. The highest BCUT2D eigenvalue weighted by molar-refractivity contribution is 6.08. The normalized spacial score (nSPS) is 18.2. The van der Waals surface area contributed by atoms with Gasteiger partial charge >= 0.3 is 0 Å². The second-order valence-electron chi connectivity index (χ2n) is 5.39. The second-order valence-corrected chi connectivity index (χ2v) is 5.39. The molecule has 1 aromatic carbocycles. The average molecular weight is 303 g/mol. The smallest absolute Gasteiger partial charge is 0.290 e. The van der Waals surface area contributed by atoms with Gasteiger partial charge in [0.1, 0.15) is 5.75 Å². The summed E-state index contributed by atoms with van der Waals surface area (Å²) in [5, 5.41) is 19.8. The maximum Gasteiger partial charge on any atom is 0.290 e. The van der Waals surface area contributed by atoms with Crippen LogP contribution in [0.5, 0.6) is 5.75 Å². The van der Waals surface area contributed by atoms with Crippen molar-refractivity contribution < 1.29 is 19.8 Å². The molecule has 5 heteroatoms. The molecule has 1 amide bonds. The van der Waals surface area contributed by atoms with Gasteiger partial charge in [-0.2, -0.15) is 0 Å². The number of Topliss-reactive ketones (excluding diaryl/α,β-unsaturated/α-hetero) is 1. The molecule has 0 bridgehead atoms. The van der Waals surface area contributed by atoms with Gasteiger partial charge in [-0.05, 0) is 24.1 Å². The van der Waals surface area contributed by atoms with Crippen LogP contribution in [-0.2, 0) is 9.59 Å². The Morgan fingerprint density at radius 3 is 2.59 bits per heavy atom. The van der Waals surface area contributed by atoms with E-state index in [1.807, 2.05) is 6.92 Å². The van der Waals surface area contributed by atoms with Crippen molar-refractivity contribution in [2.24, 2.45) is 0 Å². The summed E-state index contributed by atoms with van der Waals surface area (Å²) >= 11 is 0. The van der Waals surface area contributed by atoms with Crippen molar-refractivity contribution in [3.05, 3.63) is 41.2 Å². The van der Waals surface area contributed by atoms with Crippen LogP contribution in [0.4, 0.5) is 0 Å². The largest absolute Gasteiger partial charge is 0.508 e. The number of unbranched alkanes of at least 4 members (excludes halogenated alkanes) is 1. The minimum atomic E-state index is -0.626. The summed E-state index contributed by atoms with van der Waals surface area (Å²) in [5.74, 6) is -1.16. The fraction of sp³-hybridized carbons (Fsp3) is 0.412. The molecule has 5 nitrogen and oxygen atoms in total. The van der Waals surface area contributed by atoms with Crippen molar-refractivity contribution in [1.82, 2.24) is 4.90 Å². The van der Waals surface area contributed by atoms with Gasteiger partial charge in [0.2, 0.25) is 0 Å². The number of nitrogens with zero attached hydrogens (tertiary/aromatic N) is 1. The SMILES string of the molecule is CCCCN1C(=O)C(O)=C(C(=O)CC)C1c1cccc(O)c1. The Labute approximate surface area is 129 Å². The first-order chi connectivity index (χ1) is 10.5. The molecule has 1 atom stereocenters. The van der Waals surface area contributed by atoms with Crippen molar-refractivity contribution in [3.8, 4) is 5.75 Å². The van der Waals surface area contributed by atoms with Gasteiger partial charge in [-0.1, -0.05) is 32.4 Å². The van der Waals surface area contributed by atoms with Gasteiger partial charge in [0.25, 0.3) is 5.91 Å². The van der Waals surface area contributed by atoms with Crippen LogP contribution >= 0.6 is 0 Å².